The smallest absolute Gasteiger partial charge is 0.255 e. The number of piperidine rings is 1. The minimum absolute atomic E-state index is 0.0997. The van der Waals surface area contributed by atoms with Crippen LogP contribution in [0.15, 0.2) is 12.1 Å². The van der Waals surface area contributed by atoms with Crippen molar-refractivity contribution in [1.82, 2.24) is 15.2 Å². The highest BCUT2D eigenvalue weighted by Crippen LogP contribution is 2.40. The Kier molecular flexibility index (Phi) is 3.85. The van der Waals surface area contributed by atoms with E-state index in [-0.39, 0.29) is 23.3 Å². The fourth-order valence-electron chi connectivity index (χ4n) is 4.30. The van der Waals surface area contributed by atoms with Crippen LogP contribution in [-0.4, -0.2) is 40.8 Å². The van der Waals surface area contributed by atoms with Gasteiger partial charge in [-0.05, 0) is 64.5 Å². The van der Waals surface area contributed by atoms with Crippen LogP contribution in [0.4, 0.5) is 0 Å². The van der Waals surface area contributed by atoms with E-state index in [1.807, 2.05) is 37.8 Å². The number of carbonyl (C=O) groups excluding carboxylic acids is 2. The van der Waals surface area contributed by atoms with Gasteiger partial charge in [0, 0.05) is 30.7 Å². The van der Waals surface area contributed by atoms with E-state index in [0.29, 0.717) is 11.8 Å². The Morgan fingerprint density at radius 1 is 1.20 bits per heavy atom. The number of hydrogen-bond donors (Lipinski definition) is 1. The molecule has 5 nitrogen and oxygen atoms in total. The molecule has 1 saturated carbocycles. The van der Waals surface area contributed by atoms with E-state index in [4.69, 9.17) is 0 Å². The Morgan fingerprint density at radius 2 is 1.88 bits per heavy atom. The summed E-state index contributed by atoms with van der Waals surface area (Å²) in [5, 5.41) is 3.06. The highest BCUT2D eigenvalue weighted by Gasteiger charge is 2.51. The van der Waals surface area contributed by atoms with E-state index in [1.165, 1.54) is 12.8 Å². The molecule has 1 atom stereocenters. The van der Waals surface area contributed by atoms with Crippen LogP contribution in [-0.2, 0) is 4.79 Å². The molecule has 25 heavy (non-hydrogen) atoms. The minimum Gasteiger partial charge on any atom is -0.351 e. The van der Waals surface area contributed by atoms with Gasteiger partial charge in [0.1, 0.15) is 0 Å². The molecule has 1 aliphatic carbocycles. The first-order chi connectivity index (χ1) is 11.9. The molecule has 0 bridgehead atoms. The van der Waals surface area contributed by atoms with E-state index in [0.717, 1.165) is 42.9 Å². The molecule has 3 fully saturated rings. The number of nitrogens with one attached hydrogen (secondary N) is 1. The molecule has 2 amide bonds. The Bertz CT molecular complexity index is 716. The lowest BCUT2D eigenvalue weighted by molar-refractivity contribution is -0.146. The maximum absolute atomic E-state index is 12.9. The third-order valence-corrected chi connectivity index (χ3v) is 6.28. The van der Waals surface area contributed by atoms with Crippen molar-refractivity contribution in [3.63, 3.8) is 0 Å². The highest BCUT2D eigenvalue weighted by atomic mass is 16.2. The lowest BCUT2D eigenvalue weighted by atomic mass is 9.68. The summed E-state index contributed by atoms with van der Waals surface area (Å²) < 4.78 is 0. The number of carbonyl (C=O) groups is 2. The Labute approximate surface area is 149 Å². The van der Waals surface area contributed by atoms with Crippen LogP contribution in [0.2, 0.25) is 0 Å². The molecule has 0 radical (unpaired) electrons. The van der Waals surface area contributed by atoms with Crippen molar-refractivity contribution < 1.29 is 9.59 Å². The van der Waals surface area contributed by atoms with Crippen molar-refractivity contribution in [2.45, 2.75) is 58.4 Å². The zero-order valence-electron chi connectivity index (χ0n) is 15.3. The predicted molar refractivity (Wildman–Crippen MR) is 95.3 cm³/mol. The molecule has 5 heteroatoms. The summed E-state index contributed by atoms with van der Waals surface area (Å²) in [6.07, 6.45) is 4.35. The molecule has 3 heterocycles. The summed E-state index contributed by atoms with van der Waals surface area (Å²) in [5.41, 5.74) is 2.45. The summed E-state index contributed by atoms with van der Waals surface area (Å²) in [6.45, 7) is 7.50. The second-order valence-electron chi connectivity index (χ2n) is 8.45. The van der Waals surface area contributed by atoms with Crippen LogP contribution in [0.5, 0.6) is 0 Å². The zero-order chi connectivity index (χ0) is 17.8. The monoisotopic (exact) mass is 341 g/mol. The van der Waals surface area contributed by atoms with Crippen LogP contribution in [0, 0.1) is 18.3 Å². The summed E-state index contributed by atoms with van der Waals surface area (Å²) in [7, 11) is 0. The van der Waals surface area contributed by atoms with Crippen LogP contribution in [0.3, 0.4) is 0 Å². The standard InChI is InChI=1S/C20H27N3O2/c1-12-15(6-7-16(21-12)13-4-5-13)18(24)23-10-8-14(9-11-23)17-20(2,3)19(25)22-17/h6-7,13-14,17H,4-5,8-11H2,1-3H3,(H,22,25)/t17-/m0/s1. The van der Waals surface area contributed by atoms with Gasteiger partial charge in [-0.2, -0.15) is 0 Å². The van der Waals surface area contributed by atoms with Gasteiger partial charge in [-0.3, -0.25) is 14.6 Å². The molecule has 2 saturated heterocycles. The number of likely N-dealkylation sites (tertiary alicyclic amines) is 1. The number of hydrogen-bond acceptors (Lipinski definition) is 3. The number of nitrogens with zero attached hydrogens (tertiary/aromatic N) is 2. The Balaban J connectivity index is 1.39. The number of pyridine rings is 1. The van der Waals surface area contributed by atoms with Crippen LogP contribution >= 0.6 is 0 Å². The van der Waals surface area contributed by atoms with E-state index >= 15 is 0 Å². The largest absolute Gasteiger partial charge is 0.351 e. The fraction of sp³-hybridized carbons (Fsp3) is 0.650. The molecular formula is C20H27N3O2. The number of β-lactam (4-membered cyclic amide) rings is 1. The van der Waals surface area contributed by atoms with Crippen LogP contribution in [0.1, 0.15) is 67.2 Å². The van der Waals surface area contributed by atoms with Gasteiger partial charge in [-0.15, -0.1) is 0 Å². The van der Waals surface area contributed by atoms with Gasteiger partial charge >= 0.3 is 0 Å². The van der Waals surface area contributed by atoms with Gasteiger partial charge < -0.3 is 10.2 Å². The highest BCUT2D eigenvalue weighted by molar-refractivity contribution is 5.95. The number of rotatable bonds is 3. The van der Waals surface area contributed by atoms with Gasteiger partial charge in [0.25, 0.3) is 5.91 Å². The molecule has 4 rings (SSSR count). The molecule has 0 spiro atoms. The number of aryl methyl sites for hydroxylation is 1. The summed E-state index contributed by atoms with van der Waals surface area (Å²) in [6, 6.07) is 4.23. The third-order valence-electron chi connectivity index (χ3n) is 6.28. The van der Waals surface area contributed by atoms with E-state index in [2.05, 4.69) is 10.3 Å². The van der Waals surface area contributed by atoms with E-state index < -0.39 is 0 Å². The molecule has 1 aromatic heterocycles. The lowest BCUT2D eigenvalue weighted by Crippen LogP contribution is -2.68. The average molecular weight is 341 g/mol. The minimum atomic E-state index is -0.268. The quantitative estimate of drug-likeness (QED) is 0.860. The van der Waals surface area contributed by atoms with Crippen LogP contribution in [0.25, 0.3) is 0 Å². The maximum Gasteiger partial charge on any atom is 0.255 e. The molecule has 134 valence electrons. The number of amides is 2. The van der Waals surface area contributed by atoms with Crippen molar-refractivity contribution in [2.75, 3.05) is 13.1 Å². The molecule has 0 unspecified atom stereocenters. The van der Waals surface area contributed by atoms with Crippen molar-refractivity contribution in [3.05, 3.63) is 29.1 Å². The number of aromatic nitrogens is 1. The predicted octanol–water partition coefficient (Wildman–Crippen LogP) is 2.64. The molecule has 0 aromatic carbocycles. The van der Waals surface area contributed by atoms with Crippen molar-refractivity contribution in [1.29, 1.82) is 0 Å². The second-order valence-corrected chi connectivity index (χ2v) is 8.45. The lowest BCUT2D eigenvalue weighted by Gasteiger charge is -2.50. The van der Waals surface area contributed by atoms with Crippen molar-refractivity contribution in [2.24, 2.45) is 11.3 Å². The van der Waals surface area contributed by atoms with Crippen molar-refractivity contribution >= 4 is 11.8 Å². The van der Waals surface area contributed by atoms with Gasteiger partial charge in [-0.25, -0.2) is 0 Å². The van der Waals surface area contributed by atoms with Crippen LogP contribution < -0.4 is 5.32 Å². The summed E-state index contributed by atoms with van der Waals surface area (Å²) >= 11 is 0. The molecule has 1 aromatic rings. The summed E-state index contributed by atoms with van der Waals surface area (Å²) in [5.74, 6) is 1.32. The van der Waals surface area contributed by atoms with E-state index in [9.17, 15) is 9.59 Å². The first kappa shape index (κ1) is 16.6. The molecular weight excluding hydrogens is 314 g/mol. The second kappa shape index (κ2) is 5.82. The fourth-order valence-corrected chi connectivity index (χ4v) is 4.30. The van der Waals surface area contributed by atoms with Gasteiger partial charge in [0.2, 0.25) is 5.91 Å². The first-order valence-electron chi connectivity index (χ1n) is 9.45. The molecule has 3 aliphatic rings. The first-order valence-corrected chi connectivity index (χ1v) is 9.45. The Hall–Kier alpha value is -1.91. The third kappa shape index (κ3) is 2.83. The Morgan fingerprint density at radius 3 is 2.40 bits per heavy atom. The SMILES string of the molecule is Cc1nc(C2CC2)ccc1C(=O)N1CCC([C@@H]2NC(=O)C2(C)C)CC1. The van der Waals surface area contributed by atoms with E-state index in [1.54, 1.807) is 0 Å². The summed E-state index contributed by atoms with van der Waals surface area (Å²) in [4.78, 5) is 31.2. The molecule has 2 aliphatic heterocycles. The van der Waals surface area contributed by atoms with Gasteiger partial charge in [-0.1, -0.05) is 0 Å². The molecule has 1 N–H and O–H groups in total. The van der Waals surface area contributed by atoms with Crippen molar-refractivity contribution in [3.8, 4) is 0 Å². The normalized spacial score (nSPS) is 26.1. The maximum atomic E-state index is 12.9. The average Bonchev–Trinajstić information content (AvgIpc) is 3.44. The van der Waals surface area contributed by atoms with Gasteiger partial charge in [0.15, 0.2) is 0 Å². The topological polar surface area (TPSA) is 62.3 Å². The van der Waals surface area contributed by atoms with Gasteiger partial charge in [0.05, 0.1) is 16.7 Å². The zero-order valence-corrected chi connectivity index (χ0v) is 15.3.